The second-order valence-electron chi connectivity index (χ2n) is 8.27. The first-order valence-corrected chi connectivity index (χ1v) is 12.5. The minimum atomic E-state index is -4.17. The lowest BCUT2D eigenvalue weighted by molar-refractivity contribution is -0.134. The van der Waals surface area contributed by atoms with Crippen LogP contribution in [0.2, 0.25) is 0 Å². The van der Waals surface area contributed by atoms with Crippen LogP contribution in [0.25, 0.3) is 0 Å². The van der Waals surface area contributed by atoms with Gasteiger partial charge in [-0.1, -0.05) is 12.1 Å². The summed E-state index contributed by atoms with van der Waals surface area (Å²) in [4.78, 5) is 24.5. The number of carbonyl (C=O) groups excluding carboxylic acids is 2. The molecule has 2 aromatic rings. The number of hydrogen-bond acceptors (Lipinski definition) is 7. The number of rotatable bonds is 8. The van der Waals surface area contributed by atoms with Crippen LogP contribution < -0.4 is 15.5 Å². The summed E-state index contributed by atoms with van der Waals surface area (Å²) >= 11 is 0. The van der Waals surface area contributed by atoms with Gasteiger partial charge in [0.2, 0.25) is 10.0 Å². The summed E-state index contributed by atoms with van der Waals surface area (Å²) in [5.74, 6) is -0.932. The number of nitrogens with zero attached hydrogens (tertiary/aromatic N) is 1. The molecule has 1 aliphatic heterocycles. The molecule has 0 aliphatic carbocycles. The predicted molar refractivity (Wildman–Crippen MR) is 123 cm³/mol. The van der Waals surface area contributed by atoms with E-state index in [0.29, 0.717) is 18.6 Å². The Balaban J connectivity index is 1.77. The SMILES string of the molecule is CC(C)OC(=O)NC1CCCN(S(=O)(=O)c2ccc(OCc3ccc(F)cc3)cc2)C1C(=O)NO. The fourth-order valence-corrected chi connectivity index (χ4v) is 5.42. The molecular formula is C23H28FN3O7S. The Morgan fingerprint density at radius 1 is 1.14 bits per heavy atom. The maximum Gasteiger partial charge on any atom is 0.407 e. The highest BCUT2D eigenvalue weighted by atomic mass is 32.2. The number of ether oxygens (including phenoxy) is 2. The molecule has 0 saturated carbocycles. The summed E-state index contributed by atoms with van der Waals surface area (Å²) in [6.45, 7) is 3.49. The average Bonchev–Trinajstić information content (AvgIpc) is 2.82. The maximum atomic E-state index is 13.4. The first-order chi connectivity index (χ1) is 16.6. The van der Waals surface area contributed by atoms with Crippen molar-refractivity contribution in [2.24, 2.45) is 0 Å². The molecule has 0 aromatic heterocycles. The van der Waals surface area contributed by atoms with Gasteiger partial charge in [0.15, 0.2) is 0 Å². The van der Waals surface area contributed by atoms with Crippen LogP contribution in [-0.4, -0.2) is 54.7 Å². The summed E-state index contributed by atoms with van der Waals surface area (Å²) in [5.41, 5.74) is 2.24. The van der Waals surface area contributed by atoms with Crippen LogP contribution in [-0.2, 0) is 26.2 Å². The number of amides is 2. The van der Waals surface area contributed by atoms with E-state index in [1.165, 1.54) is 41.9 Å². The van der Waals surface area contributed by atoms with E-state index >= 15 is 0 Å². The van der Waals surface area contributed by atoms with E-state index in [1.54, 1.807) is 26.0 Å². The number of carbonyl (C=O) groups is 2. The quantitative estimate of drug-likeness (QED) is 0.368. The van der Waals surface area contributed by atoms with Gasteiger partial charge in [-0.3, -0.25) is 10.0 Å². The number of alkyl carbamates (subject to hydrolysis) is 1. The molecule has 12 heteroatoms. The highest BCUT2D eigenvalue weighted by molar-refractivity contribution is 7.89. The molecular weight excluding hydrogens is 481 g/mol. The summed E-state index contributed by atoms with van der Waals surface area (Å²) < 4.78 is 51.4. The van der Waals surface area contributed by atoms with Gasteiger partial charge in [-0.2, -0.15) is 4.31 Å². The third-order valence-electron chi connectivity index (χ3n) is 5.36. The summed E-state index contributed by atoms with van der Waals surface area (Å²) in [7, 11) is -4.17. The average molecular weight is 510 g/mol. The standard InChI is InChI=1S/C23H28FN3O7S/c1-15(2)34-23(29)25-20-4-3-13-27(21(20)22(28)26-30)35(31,32)19-11-9-18(10-12-19)33-14-16-5-7-17(24)8-6-16/h5-12,15,20-21,30H,3-4,13-14H2,1-2H3,(H,25,29)(H,26,28). The van der Waals surface area contributed by atoms with Gasteiger partial charge in [-0.05, 0) is 68.7 Å². The van der Waals surface area contributed by atoms with Crippen molar-refractivity contribution in [3.05, 3.63) is 59.9 Å². The van der Waals surface area contributed by atoms with Crippen LogP contribution >= 0.6 is 0 Å². The van der Waals surface area contributed by atoms with Crippen molar-refractivity contribution in [2.75, 3.05) is 6.54 Å². The first kappa shape index (κ1) is 26.4. The normalized spacial score (nSPS) is 18.7. The van der Waals surface area contributed by atoms with Crippen LogP contribution in [0.15, 0.2) is 53.4 Å². The molecule has 2 unspecified atom stereocenters. The van der Waals surface area contributed by atoms with Gasteiger partial charge >= 0.3 is 6.09 Å². The lowest BCUT2D eigenvalue weighted by Crippen LogP contribution is -2.62. The Morgan fingerprint density at radius 3 is 2.40 bits per heavy atom. The van der Waals surface area contributed by atoms with Crippen molar-refractivity contribution >= 4 is 22.0 Å². The fraction of sp³-hybridized carbons (Fsp3) is 0.391. The summed E-state index contributed by atoms with van der Waals surface area (Å²) in [6, 6.07) is 9.13. The molecule has 35 heavy (non-hydrogen) atoms. The van der Waals surface area contributed by atoms with Crippen LogP contribution in [0.1, 0.15) is 32.3 Å². The van der Waals surface area contributed by atoms with E-state index in [2.05, 4.69) is 5.32 Å². The molecule has 10 nitrogen and oxygen atoms in total. The van der Waals surface area contributed by atoms with Crippen molar-refractivity contribution in [3.8, 4) is 5.75 Å². The summed E-state index contributed by atoms with van der Waals surface area (Å²) in [5, 5.41) is 11.8. The van der Waals surface area contributed by atoms with Crippen LogP contribution in [0.4, 0.5) is 9.18 Å². The molecule has 1 saturated heterocycles. The van der Waals surface area contributed by atoms with Crippen molar-refractivity contribution in [3.63, 3.8) is 0 Å². The number of hydrogen-bond donors (Lipinski definition) is 3. The molecule has 3 N–H and O–H groups in total. The van der Waals surface area contributed by atoms with Crippen LogP contribution in [0.5, 0.6) is 5.75 Å². The Bertz CT molecular complexity index is 1120. The monoisotopic (exact) mass is 509 g/mol. The van der Waals surface area contributed by atoms with Gasteiger partial charge in [-0.25, -0.2) is 23.1 Å². The molecule has 3 rings (SSSR count). The maximum absolute atomic E-state index is 13.4. The van der Waals surface area contributed by atoms with Crippen molar-refractivity contribution < 1.29 is 37.1 Å². The van der Waals surface area contributed by atoms with Crippen LogP contribution in [0.3, 0.4) is 0 Å². The zero-order valence-corrected chi connectivity index (χ0v) is 20.1. The molecule has 0 spiro atoms. The highest BCUT2D eigenvalue weighted by Crippen LogP contribution is 2.27. The third-order valence-corrected chi connectivity index (χ3v) is 7.25. The van der Waals surface area contributed by atoms with Gasteiger partial charge < -0.3 is 14.8 Å². The molecule has 0 bridgehead atoms. The molecule has 2 aromatic carbocycles. The smallest absolute Gasteiger partial charge is 0.407 e. The number of nitrogens with one attached hydrogen (secondary N) is 2. The molecule has 1 heterocycles. The Morgan fingerprint density at radius 2 is 1.80 bits per heavy atom. The largest absolute Gasteiger partial charge is 0.489 e. The lowest BCUT2D eigenvalue weighted by Gasteiger charge is -2.38. The van der Waals surface area contributed by atoms with E-state index in [4.69, 9.17) is 9.47 Å². The zero-order valence-electron chi connectivity index (χ0n) is 19.3. The van der Waals surface area contributed by atoms with E-state index in [9.17, 15) is 27.6 Å². The first-order valence-electron chi connectivity index (χ1n) is 11.0. The lowest BCUT2D eigenvalue weighted by atomic mass is 9.98. The molecule has 190 valence electrons. The molecule has 1 aliphatic rings. The van der Waals surface area contributed by atoms with E-state index in [-0.39, 0.29) is 23.9 Å². The second kappa shape index (κ2) is 11.5. The molecule has 0 radical (unpaired) electrons. The van der Waals surface area contributed by atoms with Gasteiger partial charge in [-0.15, -0.1) is 0 Å². The highest BCUT2D eigenvalue weighted by Gasteiger charge is 2.44. The minimum Gasteiger partial charge on any atom is -0.489 e. The van der Waals surface area contributed by atoms with Crippen molar-refractivity contribution in [1.82, 2.24) is 15.1 Å². The van der Waals surface area contributed by atoms with Crippen LogP contribution in [0, 0.1) is 5.82 Å². The van der Waals surface area contributed by atoms with E-state index in [0.717, 1.165) is 9.87 Å². The Kier molecular flexibility index (Phi) is 8.65. The number of benzene rings is 2. The van der Waals surface area contributed by atoms with E-state index in [1.807, 2.05) is 0 Å². The van der Waals surface area contributed by atoms with E-state index < -0.39 is 40.2 Å². The zero-order chi connectivity index (χ0) is 25.6. The summed E-state index contributed by atoms with van der Waals surface area (Å²) in [6.07, 6.45) is -0.511. The van der Waals surface area contributed by atoms with Gasteiger partial charge in [0.1, 0.15) is 24.2 Å². The van der Waals surface area contributed by atoms with Crippen molar-refractivity contribution in [2.45, 2.75) is 56.4 Å². The Hall–Kier alpha value is -3.22. The predicted octanol–water partition coefficient (Wildman–Crippen LogP) is 2.57. The second-order valence-corrected chi connectivity index (χ2v) is 10.2. The number of piperidine rings is 1. The van der Waals surface area contributed by atoms with Gasteiger partial charge in [0.05, 0.1) is 17.0 Å². The van der Waals surface area contributed by atoms with Gasteiger partial charge in [0, 0.05) is 6.54 Å². The number of sulfonamides is 1. The van der Waals surface area contributed by atoms with Gasteiger partial charge in [0.25, 0.3) is 5.91 Å². The Labute approximate surface area is 203 Å². The molecule has 2 amide bonds. The molecule has 2 atom stereocenters. The number of halogens is 1. The third kappa shape index (κ3) is 6.68. The van der Waals surface area contributed by atoms with Crippen molar-refractivity contribution in [1.29, 1.82) is 0 Å². The topological polar surface area (TPSA) is 134 Å². The molecule has 1 fully saturated rings. The minimum absolute atomic E-state index is 0.0145. The number of hydroxylamine groups is 1. The fourth-order valence-electron chi connectivity index (χ4n) is 3.76.